The minimum Gasteiger partial charge on any atom is -0.497 e. The second-order valence-corrected chi connectivity index (χ2v) is 7.42. The Kier molecular flexibility index (Phi) is 6.53. The molecule has 0 radical (unpaired) electrons. The van der Waals surface area contributed by atoms with Gasteiger partial charge in [0.1, 0.15) is 27.9 Å². The van der Waals surface area contributed by atoms with Gasteiger partial charge in [0.05, 0.1) is 38.9 Å². The topological polar surface area (TPSA) is 114 Å². The lowest BCUT2D eigenvalue weighted by Gasteiger charge is -2.14. The summed E-state index contributed by atoms with van der Waals surface area (Å²) < 4.78 is 46.7. The van der Waals surface area contributed by atoms with Crippen LogP contribution in [0.3, 0.4) is 0 Å². The van der Waals surface area contributed by atoms with Crippen LogP contribution >= 0.6 is 0 Å². The van der Waals surface area contributed by atoms with Crippen molar-refractivity contribution in [2.45, 2.75) is 4.90 Å². The van der Waals surface area contributed by atoms with Crippen molar-refractivity contribution in [3.63, 3.8) is 0 Å². The van der Waals surface area contributed by atoms with E-state index in [4.69, 9.17) is 24.7 Å². The highest BCUT2D eigenvalue weighted by Crippen LogP contribution is 2.37. The van der Waals surface area contributed by atoms with E-state index in [1.165, 1.54) is 64.8 Å². The summed E-state index contributed by atoms with van der Waals surface area (Å²) in [6.07, 6.45) is 1.12. The third-order valence-corrected chi connectivity index (χ3v) is 5.72. The monoisotopic (exact) mass is 407 g/mol. The standard InChI is InChI=1S/C19H21NO7S/c1-24-12-5-7-14(8-6-12)28(22,23)18(19(20)21)11-15-16(26-3)9-13(25-2)10-17(15)27-4/h5-11H,1-4H3,(H2,20,21)/b18-11+. The maximum Gasteiger partial charge on any atom is 0.260 e. The van der Waals surface area contributed by atoms with Crippen LogP contribution in [0.1, 0.15) is 5.56 Å². The van der Waals surface area contributed by atoms with Gasteiger partial charge in [0.25, 0.3) is 5.91 Å². The van der Waals surface area contributed by atoms with Crippen molar-refractivity contribution in [1.29, 1.82) is 0 Å². The number of primary amides is 1. The lowest BCUT2D eigenvalue weighted by molar-refractivity contribution is -0.113. The molecule has 2 N–H and O–H groups in total. The van der Waals surface area contributed by atoms with Gasteiger partial charge in [-0.3, -0.25) is 4.79 Å². The number of carbonyl (C=O) groups is 1. The van der Waals surface area contributed by atoms with Gasteiger partial charge in [-0.05, 0) is 30.3 Å². The Morgan fingerprint density at radius 2 is 1.36 bits per heavy atom. The van der Waals surface area contributed by atoms with E-state index in [0.717, 1.165) is 6.08 Å². The first-order chi connectivity index (χ1) is 13.3. The van der Waals surface area contributed by atoms with Gasteiger partial charge in [-0.1, -0.05) is 0 Å². The zero-order chi connectivity index (χ0) is 20.9. The van der Waals surface area contributed by atoms with Gasteiger partial charge in [-0.2, -0.15) is 0 Å². The molecule has 0 saturated carbocycles. The second-order valence-electron chi connectivity index (χ2n) is 5.50. The number of methoxy groups -OCH3 is 4. The largest absolute Gasteiger partial charge is 0.497 e. The Hall–Kier alpha value is -3.20. The van der Waals surface area contributed by atoms with Crippen molar-refractivity contribution in [3.8, 4) is 23.0 Å². The lowest BCUT2D eigenvalue weighted by atomic mass is 10.1. The Labute approximate surface area is 163 Å². The number of amides is 1. The minimum atomic E-state index is -4.20. The molecule has 2 rings (SSSR count). The fraction of sp³-hybridized carbons (Fsp3) is 0.211. The Bertz CT molecular complexity index is 970. The maximum atomic E-state index is 13.0. The van der Waals surface area contributed by atoms with Crippen LogP contribution in [0.4, 0.5) is 0 Å². The molecule has 0 spiro atoms. The minimum absolute atomic E-state index is 0.107. The van der Waals surface area contributed by atoms with Gasteiger partial charge in [0, 0.05) is 12.1 Å². The molecule has 2 aromatic carbocycles. The highest BCUT2D eigenvalue weighted by atomic mass is 32.2. The highest BCUT2D eigenvalue weighted by Gasteiger charge is 2.27. The Balaban J connectivity index is 2.69. The number of benzene rings is 2. The molecular formula is C19H21NO7S. The summed E-state index contributed by atoms with van der Waals surface area (Å²) in [5, 5.41) is 0. The van der Waals surface area contributed by atoms with Crippen LogP contribution in [0.25, 0.3) is 6.08 Å². The van der Waals surface area contributed by atoms with E-state index in [-0.39, 0.29) is 22.0 Å². The average molecular weight is 407 g/mol. The van der Waals surface area contributed by atoms with Crippen molar-refractivity contribution in [3.05, 3.63) is 46.9 Å². The SMILES string of the molecule is COc1ccc(S(=O)(=O)/C(=C/c2c(OC)cc(OC)cc2OC)C(N)=O)cc1. The van der Waals surface area contributed by atoms with E-state index in [9.17, 15) is 13.2 Å². The third-order valence-electron chi connectivity index (χ3n) is 3.93. The first-order valence-electron chi connectivity index (χ1n) is 7.99. The molecule has 0 saturated heterocycles. The van der Waals surface area contributed by atoms with Crippen LogP contribution in [-0.2, 0) is 14.6 Å². The molecule has 9 heteroatoms. The number of hydrogen-bond acceptors (Lipinski definition) is 7. The molecule has 1 amide bonds. The number of hydrogen-bond donors (Lipinski definition) is 1. The smallest absolute Gasteiger partial charge is 0.260 e. The van der Waals surface area contributed by atoms with E-state index < -0.39 is 20.6 Å². The molecule has 0 heterocycles. The summed E-state index contributed by atoms with van der Waals surface area (Å²) in [4.78, 5) is 11.3. The van der Waals surface area contributed by atoms with Crippen molar-refractivity contribution < 1.29 is 32.2 Å². The summed E-state index contributed by atoms with van der Waals surface area (Å²) in [7, 11) is 1.52. The summed E-state index contributed by atoms with van der Waals surface area (Å²) >= 11 is 0. The molecule has 0 aromatic heterocycles. The predicted octanol–water partition coefficient (Wildman–Crippen LogP) is 2.02. The van der Waals surface area contributed by atoms with Gasteiger partial charge >= 0.3 is 0 Å². The first kappa shape index (κ1) is 21.1. The maximum absolute atomic E-state index is 13.0. The molecule has 0 fully saturated rings. The van der Waals surface area contributed by atoms with E-state index >= 15 is 0 Å². The van der Waals surface area contributed by atoms with Gasteiger partial charge in [0.15, 0.2) is 0 Å². The quantitative estimate of drug-likeness (QED) is 0.666. The van der Waals surface area contributed by atoms with Crippen molar-refractivity contribution in [2.75, 3.05) is 28.4 Å². The van der Waals surface area contributed by atoms with Crippen LogP contribution in [-0.4, -0.2) is 42.8 Å². The highest BCUT2D eigenvalue weighted by molar-refractivity contribution is 7.96. The number of rotatable bonds is 8. The molecule has 0 bridgehead atoms. The van der Waals surface area contributed by atoms with Crippen molar-refractivity contribution >= 4 is 21.8 Å². The Morgan fingerprint density at radius 3 is 1.75 bits per heavy atom. The average Bonchev–Trinajstić information content (AvgIpc) is 2.70. The number of nitrogens with two attached hydrogens (primary N) is 1. The fourth-order valence-corrected chi connectivity index (χ4v) is 3.76. The molecule has 0 atom stereocenters. The molecule has 0 unspecified atom stereocenters. The first-order valence-corrected chi connectivity index (χ1v) is 9.47. The van der Waals surface area contributed by atoms with E-state index in [1.54, 1.807) is 0 Å². The number of ether oxygens (including phenoxy) is 4. The normalized spacial score (nSPS) is 11.6. The molecule has 0 aliphatic rings. The number of carbonyl (C=O) groups excluding carboxylic acids is 1. The molecular weight excluding hydrogens is 386 g/mol. The van der Waals surface area contributed by atoms with Crippen LogP contribution in [0.5, 0.6) is 23.0 Å². The van der Waals surface area contributed by atoms with Crippen LogP contribution in [0.2, 0.25) is 0 Å². The molecule has 0 aliphatic carbocycles. The van der Waals surface area contributed by atoms with Crippen LogP contribution < -0.4 is 24.7 Å². The van der Waals surface area contributed by atoms with Crippen LogP contribution in [0, 0.1) is 0 Å². The molecule has 0 aliphatic heterocycles. The van der Waals surface area contributed by atoms with Gasteiger partial charge in [0.2, 0.25) is 9.84 Å². The van der Waals surface area contributed by atoms with Crippen molar-refractivity contribution in [2.24, 2.45) is 5.73 Å². The van der Waals surface area contributed by atoms with E-state index in [0.29, 0.717) is 11.5 Å². The van der Waals surface area contributed by atoms with E-state index in [1.807, 2.05) is 0 Å². The summed E-state index contributed by atoms with van der Waals surface area (Å²) in [5.74, 6) is 0.294. The predicted molar refractivity (Wildman–Crippen MR) is 103 cm³/mol. The second kappa shape index (κ2) is 8.66. The zero-order valence-electron chi connectivity index (χ0n) is 15.9. The summed E-state index contributed by atoms with van der Waals surface area (Å²) in [5.41, 5.74) is 5.62. The van der Waals surface area contributed by atoms with Crippen LogP contribution in [0.15, 0.2) is 46.2 Å². The lowest BCUT2D eigenvalue weighted by Crippen LogP contribution is -2.21. The fourth-order valence-electron chi connectivity index (χ4n) is 2.47. The molecule has 8 nitrogen and oxygen atoms in total. The third kappa shape index (κ3) is 4.20. The summed E-state index contributed by atoms with van der Waals surface area (Å²) in [6, 6.07) is 8.67. The Morgan fingerprint density at radius 1 is 0.857 bits per heavy atom. The van der Waals surface area contributed by atoms with Gasteiger partial charge in [-0.25, -0.2) is 8.42 Å². The van der Waals surface area contributed by atoms with Crippen molar-refractivity contribution in [1.82, 2.24) is 0 Å². The summed E-state index contributed by atoms with van der Waals surface area (Å²) in [6.45, 7) is 0. The molecule has 28 heavy (non-hydrogen) atoms. The number of sulfone groups is 1. The van der Waals surface area contributed by atoms with Gasteiger partial charge in [-0.15, -0.1) is 0 Å². The molecule has 150 valence electrons. The van der Waals surface area contributed by atoms with Gasteiger partial charge < -0.3 is 24.7 Å². The molecule has 2 aromatic rings. The zero-order valence-corrected chi connectivity index (χ0v) is 16.7. The van der Waals surface area contributed by atoms with E-state index in [2.05, 4.69) is 0 Å².